The Bertz CT molecular complexity index is 1490. The van der Waals surface area contributed by atoms with Crippen LogP contribution in [-0.2, 0) is 0 Å². The van der Waals surface area contributed by atoms with E-state index < -0.39 is 6.89 Å². The number of hydrogen-bond acceptors (Lipinski definition) is 3. The first-order chi connectivity index (χ1) is 18.7. The van der Waals surface area contributed by atoms with E-state index in [9.17, 15) is 0 Å². The lowest BCUT2D eigenvalue weighted by Crippen LogP contribution is -2.34. The summed E-state index contributed by atoms with van der Waals surface area (Å²) in [6.45, 7) is -2.75. The van der Waals surface area contributed by atoms with Crippen molar-refractivity contribution < 1.29 is 14.3 Å². The number of Topliss-reactive ketones (excluding diaryl/α,β-unsaturated/α-hetero) is 1. The molecule has 0 bridgehead atoms. The standard InChI is InChI=1S/C34H29O3P/c1-36-31-24-14-12-22-29(31)33(35)34(30-23-13-15-25-32(30)37-2)38(26-16-6-3-7-17-26,27-18-8-4-9-19-27)28-20-10-5-11-21-28/h3-25H,1-2H3. The number of methoxy groups -OCH3 is 2. The lowest BCUT2D eigenvalue weighted by Gasteiger charge is -2.33. The smallest absolute Gasteiger partial charge is 0.198 e. The van der Waals surface area contributed by atoms with E-state index in [2.05, 4.69) is 36.4 Å². The van der Waals surface area contributed by atoms with Crippen LogP contribution in [0.3, 0.4) is 0 Å². The van der Waals surface area contributed by atoms with E-state index in [1.165, 1.54) is 0 Å². The van der Waals surface area contributed by atoms with Crippen molar-refractivity contribution in [3.63, 3.8) is 0 Å². The van der Waals surface area contributed by atoms with Crippen LogP contribution in [0, 0.1) is 0 Å². The zero-order valence-corrected chi connectivity index (χ0v) is 22.3. The van der Waals surface area contributed by atoms with Crippen LogP contribution in [0.1, 0.15) is 15.9 Å². The van der Waals surface area contributed by atoms with Crippen LogP contribution in [0.4, 0.5) is 0 Å². The maximum atomic E-state index is 15.0. The molecule has 38 heavy (non-hydrogen) atoms. The van der Waals surface area contributed by atoms with Crippen LogP contribution in [0.5, 0.6) is 11.5 Å². The molecule has 3 nitrogen and oxygen atoms in total. The monoisotopic (exact) mass is 516 g/mol. The summed E-state index contributed by atoms with van der Waals surface area (Å²) in [5.74, 6) is 1.10. The predicted molar refractivity (Wildman–Crippen MR) is 160 cm³/mol. The molecule has 0 saturated heterocycles. The molecule has 0 aromatic heterocycles. The number of benzene rings is 5. The summed E-state index contributed by atoms with van der Waals surface area (Å²) in [4.78, 5) is 15.0. The summed E-state index contributed by atoms with van der Waals surface area (Å²) in [5.41, 5.74) is 1.29. The number of hydrogen-bond donors (Lipinski definition) is 0. The van der Waals surface area contributed by atoms with E-state index in [4.69, 9.17) is 9.47 Å². The van der Waals surface area contributed by atoms with Gasteiger partial charge in [-0.3, -0.25) is 4.79 Å². The van der Waals surface area contributed by atoms with Crippen LogP contribution in [0.15, 0.2) is 140 Å². The zero-order valence-electron chi connectivity index (χ0n) is 21.5. The molecule has 0 aliphatic heterocycles. The summed E-state index contributed by atoms with van der Waals surface area (Å²) in [6, 6.07) is 46.4. The van der Waals surface area contributed by atoms with Crippen LogP contribution in [0.25, 0.3) is 0 Å². The number of ether oxygens (including phenoxy) is 2. The highest BCUT2D eigenvalue weighted by Gasteiger charge is 2.36. The van der Waals surface area contributed by atoms with Gasteiger partial charge in [-0.25, -0.2) is 0 Å². The molecule has 0 N–H and O–H groups in total. The van der Waals surface area contributed by atoms with E-state index >= 15 is 4.79 Å². The highest BCUT2D eigenvalue weighted by Crippen LogP contribution is 2.49. The highest BCUT2D eigenvalue weighted by atomic mass is 31.2. The maximum absolute atomic E-state index is 15.0. The average molecular weight is 517 g/mol. The van der Waals surface area contributed by atoms with Crippen LogP contribution < -0.4 is 25.4 Å². The summed E-state index contributed by atoms with van der Waals surface area (Å²) in [6.07, 6.45) is 0. The van der Waals surface area contributed by atoms with Gasteiger partial charge in [0.1, 0.15) is 11.5 Å². The van der Waals surface area contributed by atoms with Gasteiger partial charge in [0.05, 0.1) is 19.8 Å². The predicted octanol–water partition coefficient (Wildman–Crippen LogP) is 6.10. The average Bonchev–Trinajstić information content (AvgIpc) is 3.01. The maximum Gasteiger partial charge on any atom is 0.198 e. The SMILES string of the molecule is COc1ccccc1C(=O)C(c1ccccc1OC)=P(c1ccccc1)(c1ccccc1)c1ccccc1. The lowest BCUT2D eigenvalue weighted by molar-refractivity contribution is 0.106. The largest absolute Gasteiger partial charge is 0.496 e. The van der Waals surface area contributed by atoms with Crippen molar-refractivity contribution in [1.82, 2.24) is 0 Å². The summed E-state index contributed by atoms with van der Waals surface area (Å²) >= 11 is 0. The second-order valence-corrected chi connectivity index (χ2v) is 12.1. The second-order valence-electron chi connectivity index (χ2n) is 8.76. The van der Waals surface area contributed by atoms with Gasteiger partial charge in [0.15, 0.2) is 5.78 Å². The minimum atomic E-state index is -2.75. The fourth-order valence-electron chi connectivity index (χ4n) is 5.04. The first-order valence-corrected chi connectivity index (χ1v) is 14.2. The van der Waals surface area contributed by atoms with Gasteiger partial charge in [-0.15, -0.1) is 0 Å². The molecule has 0 heterocycles. The fourth-order valence-corrected chi connectivity index (χ4v) is 9.54. The molecule has 0 spiro atoms. The van der Waals surface area contributed by atoms with E-state index in [1.54, 1.807) is 14.2 Å². The van der Waals surface area contributed by atoms with Crippen molar-refractivity contribution in [3.8, 4) is 11.5 Å². The molecule has 0 saturated carbocycles. The third kappa shape index (κ3) is 4.47. The summed E-state index contributed by atoms with van der Waals surface area (Å²) < 4.78 is 11.6. The van der Waals surface area contributed by atoms with Gasteiger partial charge in [-0.2, -0.15) is 0 Å². The first kappa shape index (κ1) is 25.3. The van der Waals surface area contributed by atoms with Crippen molar-refractivity contribution in [2.75, 3.05) is 14.2 Å². The minimum Gasteiger partial charge on any atom is -0.496 e. The Morgan fingerprint density at radius 2 is 0.816 bits per heavy atom. The fraction of sp³-hybridized carbons (Fsp3) is 0.0588. The van der Waals surface area contributed by atoms with Crippen molar-refractivity contribution in [2.24, 2.45) is 0 Å². The van der Waals surface area contributed by atoms with Crippen LogP contribution >= 0.6 is 6.89 Å². The van der Waals surface area contributed by atoms with Gasteiger partial charge < -0.3 is 9.47 Å². The molecular weight excluding hydrogens is 487 g/mol. The Kier molecular flexibility index (Phi) is 7.58. The van der Waals surface area contributed by atoms with E-state index in [0.29, 0.717) is 22.4 Å². The molecule has 0 radical (unpaired) electrons. The van der Waals surface area contributed by atoms with E-state index in [1.807, 2.05) is 103 Å². The third-order valence-corrected chi connectivity index (χ3v) is 11.0. The number of rotatable bonds is 8. The molecule has 5 rings (SSSR count). The van der Waals surface area contributed by atoms with Gasteiger partial charge in [0.25, 0.3) is 0 Å². The van der Waals surface area contributed by atoms with Crippen molar-refractivity contribution in [2.45, 2.75) is 0 Å². The summed E-state index contributed by atoms with van der Waals surface area (Å²) in [7, 11) is 3.25. The number of ketones is 1. The lowest BCUT2D eigenvalue weighted by atomic mass is 10.0. The van der Waals surface area contributed by atoms with Gasteiger partial charge in [-0.05, 0) is 41.0 Å². The van der Waals surface area contributed by atoms with Crippen molar-refractivity contribution in [3.05, 3.63) is 151 Å². The molecule has 0 aliphatic rings. The summed E-state index contributed by atoms with van der Waals surface area (Å²) in [5, 5.41) is 3.95. The molecular formula is C34H29O3P. The molecule has 5 aromatic carbocycles. The van der Waals surface area contributed by atoms with Crippen LogP contribution in [-0.4, -0.2) is 25.3 Å². The topological polar surface area (TPSA) is 35.5 Å². The van der Waals surface area contributed by atoms with Crippen molar-refractivity contribution >= 4 is 33.9 Å². The first-order valence-electron chi connectivity index (χ1n) is 12.5. The Morgan fingerprint density at radius 1 is 0.474 bits per heavy atom. The van der Waals surface area contributed by atoms with Crippen molar-refractivity contribution in [1.29, 1.82) is 0 Å². The molecule has 188 valence electrons. The highest BCUT2D eigenvalue weighted by molar-refractivity contribution is 7.97. The van der Waals surface area contributed by atoms with Gasteiger partial charge in [0.2, 0.25) is 0 Å². The van der Waals surface area contributed by atoms with E-state index in [0.717, 1.165) is 21.5 Å². The third-order valence-electron chi connectivity index (χ3n) is 6.69. The normalized spacial score (nSPS) is 11.0. The van der Waals surface area contributed by atoms with E-state index in [-0.39, 0.29) is 5.78 Å². The minimum absolute atomic E-state index is 0.0863. The second kappa shape index (κ2) is 11.4. The molecule has 0 fully saturated rings. The molecule has 4 heteroatoms. The van der Waals surface area contributed by atoms with Gasteiger partial charge >= 0.3 is 0 Å². The van der Waals surface area contributed by atoms with Gasteiger partial charge in [0, 0.05) is 10.9 Å². The Hall–Kier alpha value is -4.33. The van der Waals surface area contributed by atoms with Gasteiger partial charge in [-0.1, -0.05) is 121 Å². The Balaban J connectivity index is 2.09. The molecule has 0 unspecified atom stereocenters. The molecule has 5 aromatic rings. The quantitative estimate of drug-likeness (QED) is 0.185. The number of para-hydroxylation sites is 2. The Labute approximate surface area is 224 Å². The molecule has 0 amide bonds. The molecule has 0 atom stereocenters. The number of carbonyl (C=O) groups is 1. The zero-order chi connectivity index (χ0) is 26.4. The van der Waals surface area contributed by atoms with Crippen LogP contribution in [0.2, 0.25) is 0 Å². The molecule has 0 aliphatic carbocycles. The number of carbonyl (C=O) groups excluding carboxylic acids is 1. The Morgan fingerprint density at radius 3 is 1.24 bits per heavy atom.